The van der Waals surface area contributed by atoms with Crippen molar-refractivity contribution in [2.24, 2.45) is 5.92 Å². The SMILES string of the molecule is CC(C)C(C)OC(=O)CCCl. The van der Waals surface area contributed by atoms with E-state index in [1.54, 1.807) is 0 Å². The Morgan fingerprint density at radius 2 is 2.00 bits per heavy atom. The van der Waals surface area contributed by atoms with Gasteiger partial charge in [0.05, 0.1) is 6.42 Å². The Balaban J connectivity index is 3.57. The van der Waals surface area contributed by atoms with Crippen LogP contribution in [0.2, 0.25) is 0 Å². The average molecular weight is 179 g/mol. The molecule has 0 aliphatic carbocycles. The van der Waals surface area contributed by atoms with Gasteiger partial charge in [-0.15, -0.1) is 11.6 Å². The Labute approximate surface area is 72.9 Å². The summed E-state index contributed by atoms with van der Waals surface area (Å²) >= 11 is 5.36. The van der Waals surface area contributed by atoms with Crippen LogP contribution in [0, 0.1) is 5.92 Å². The molecule has 0 aliphatic rings. The quantitative estimate of drug-likeness (QED) is 0.488. The fourth-order valence-electron chi connectivity index (χ4n) is 0.479. The molecule has 0 saturated carbocycles. The van der Waals surface area contributed by atoms with Crippen molar-refractivity contribution in [2.75, 3.05) is 5.88 Å². The van der Waals surface area contributed by atoms with E-state index in [4.69, 9.17) is 16.3 Å². The number of hydrogen-bond donors (Lipinski definition) is 0. The molecule has 0 amide bonds. The van der Waals surface area contributed by atoms with Crippen LogP contribution in [0.1, 0.15) is 27.2 Å². The van der Waals surface area contributed by atoms with Crippen molar-refractivity contribution in [1.82, 2.24) is 0 Å². The van der Waals surface area contributed by atoms with Gasteiger partial charge >= 0.3 is 5.97 Å². The summed E-state index contributed by atoms with van der Waals surface area (Å²) in [5.74, 6) is 0.499. The van der Waals surface area contributed by atoms with E-state index < -0.39 is 0 Å². The van der Waals surface area contributed by atoms with Crippen molar-refractivity contribution >= 4 is 17.6 Å². The lowest BCUT2D eigenvalue weighted by Crippen LogP contribution is -2.20. The minimum absolute atomic E-state index is 0.00860. The molecule has 1 atom stereocenters. The Morgan fingerprint density at radius 3 is 2.36 bits per heavy atom. The van der Waals surface area contributed by atoms with Gasteiger partial charge in [-0.2, -0.15) is 0 Å². The standard InChI is InChI=1S/C8H15ClO2/c1-6(2)7(3)11-8(10)4-5-9/h6-7H,4-5H2,1-3H3. The maximum atomic E-state index is 10.9. The van der Waals surface area contributed by atoms with E-state index in [1.807, 2.05) is 20.8 Å². The van der Waals surface area contributed by atoms with Crippen LogP contribution in [-0.2, 0) is 9.53 Å². The van der Waals surface area contributed by atoms with Gasteiger partial charge in [-0.05, 0) is 12.8 Å². The van der Waals surface area contributed by atoms with Crippen molar-refractivity contribution in [3.05, 3.63) is 0 Å². The van der Waals surface area contributed by atoms with Gasteiger partial charge < -0.3 is 4.74 Å². The molecule has 66 valence electrons. The Kier molecular flexibility index (Phi) is 5.30. The molecule has 0 spiro atoms. The normalized spacial score (nSPS) is 13.2. The third kappa shape index (κ3) is 5.08. The number of carbonyl (C=O) groups is 1. The minimum atomic E-state index is -0.207. The molecule has 0 saturated heterocycles. The van der Waals surface area contributed by atoms with Crippen LogP contribution >= 0.6 is 11.6 Å². The summed E-state index contributed by atoms with van der Waals surface area (Å²) in [7, 11) is 0. The Morgan fingerprint density at radius 1 is 1.45 bits per heavy atom. The largest absolute Gasteiger partial charge is 0.462 e. The fourth-order valence-corrected chi connectivity index (χ4v) is 0.634. The molecule has 0 aromatic carbocycles. The highest BCUT2D eigenvalue weighted by atomic mass is 35.5. The van der Waals surface area contributed by atoms with Gasteiger partial charge in [0, 0.05) is 5.88 Å². The van der Waals surface area contributed by atoms with Crippen LogP contribution in [0.4, 0.5) is 0 Å². The summed E-state index contributed by atoms with van der Waals surface area (Å²) in [5.41, 5.74) is 0. The smallest absolute Gasteiger partial charge is 0.307 e. The summed E-state index contributed by atoms with van der Waals surface area (Å²) in [6.45, 7) is 5.91. The molecule has 0 heterocycles. The van der Waals surface area contributed by atoms with E-state index in [9.17, 15) is 4.79 Å². The minimum Gasteiger partial charge on any atom is -0.462 e. The zero-order valence-corrected chi connectivity index (χ0v) is 8.02. The predicted molar refractivity (Wildman–Crippen MR) is 45.7 cm³/mol. The van der Waals surface area contributed by atoms with Gasteiger partial charge in [-0.3, -0.25) is 4.79 Å². The second-order valence-electron chi connectivity index (χ2n) is 2.88. The molecule has 2 nitrogen and oxygen atoms in total. The van der Waals surface area contributed by atoms with E-state index >= 15 is 0 Å². The second kappa shape index (κ2) is 5.42. The average Bonchev–Trinajstić information content (AvgIpc) is 1.87. The van der Waals surface area contributed by atoms with Crippen LogP contribution in [0.25, 0.3) is 0 Å². The van der Waals surface area contributed by atoms with Crippen LogP contribution in [0.5, 0.6) is 0 Å². The van der Waals surface area contributed by atoms with Crippen molar-refractivity contribution in [3.63, 3.8) is 0 Å². The van der Waals surface area contributed by atoms with Gasteiger partial charge in [0.15, 0.2) is 0 Å². The third-order valence-electron chi connectivity index (χ3n) is 1.55. The Bertz CT molecular complexity index is 123. The highest BCUT2D eigenvalue weighted by Crippen LogP contribution is 2.06. The van der Waals surface area contributed by atoms with Gasteiger partial charge in [0.25, 0.3) is 0 Å². The molecule has 0 bridgehead atoms. The molecule has 0 aliphatic heterocycles. The van der Waals surface area contributed by atoms with Gasteiger partial charge in [-0.1, -0.05) is 13.8 Å². The summed E-state index contributed by atoms with van der Waals surface area (Å²) in [4.78, 5) is 10.9. The van der Waals surface area contributed by atoms with E-state index in [0.29, 0.717) is 18.2 Å². The Hall–Kier alpha value is -0.240. The van der Waals surface area contributed by atoms with Crippen LogP contribution in [0.15, 0.2) is 0 Å². The van der Waals surface area contributed by atoms with Gasteiger partial charge in [0.1, 0.15) is 6.10 Å². The highest BCUT2D eigenvalue weighted by Gasteiger charge is 2.11. The van der Waals surface area contributed by atoms with Gasteiger partial charge in [-0.25, -0.2) is 0 Å². The number of rotatable bonds is 4. The van der Waals surface area contributed by atoms with Crippen LogP contribution < -0.4 is 0 Å². The summed E-state index contributed by atoms with van der Waals surface area (Å²) < 4.78 is 5.03. The number of carbonyl (C=O) groups excluding carboxylic acids is 1. The fraction of sp³-hybridized carbons (Fsp3) is 0.875. The number of hydrogen-bond acceptors (Lipinski definition) is 2. The van der Waals surface area contributed by atoms with Gasteiger partial charge in [0.2, 0.25) is 0 Å². The van der Waals surface area contributed by atoms with Crippen LogP contribution in [-0.4, -0.2) is 18.0 Å². The first kappa shape index (κ1) is 10.8. The molecule has 3 heteroatoms. The number of halogens is 1. The topological polar surface area (TPSA) is 26.3 Å². The number of alkyl halides is 1. The highest BCUT2D eigenvalue weighted by molar-refractivity contribution is 6.18. The molecular weight excluding hydrogens is 164 g/mol. The molecule has 0 aromatic rings. The predicted octanol–water partition coefficient (Wildman–Crippen LogP) is 2.20. The molecular formula is C8H15ClO2. The van der Waals surface area contributed by atoms with Crippen molar-refractivity contribution in [1.29, 1.82) is 0 Å². The maximum absolute atomic E-state index is 10.9. The zero-order chi connectivity index (χ0) is 8.85. The van der Waals surface area contributed by atoms with E-state index in [0.717, 1.165) is 0 Å². The second-order valence-corrected chi connectivity index (χ2v) is 3.26. The van der Waals surface area contributed by atoms with Crippen molar-refractivity contribution < 1.29 is 9.53 Å². The molecule has 11 heavy (non-hydrogen) atoms. The number of esters is 1. The van der Waals surface area contributed by atoms with E-state index in [2.05, 4.69) is 0 Å². The lowest BCUT2D eigenvalue weighted by atomic mass is 10.1. The van der Waals surface area contributed by atoms with E-state index in [-0.39, 0.29) is 12.1 Å². The zero-order valence-electron chi connectivity index (χ0n) is 7.26. The molecule has 0 N–H and O–H groups in total. The summed E-state index contributed by atoms with van der Waals surface area (Å²) in [6, 6.07) is 0. The summed E-state index contributed by atoms with van der Waals surface area (Å²) in [6.07, 6.45) is 0.296. The molecule has 0 fully saturated rings. The molecule has 1 unspecified atom stereocenters. The number of ether oxygens (including phenoxy) is 1. The first-order valence-corrected chi connectivity index (χ1v) is 4.36. The summed E-state index contributed by atoms with van der Waals surface area (Å²) in [5, 5.41) is 0. The third-order valence-corrected chi connectivity index (χ3v) is 1.74. The molecule has 0 aromatic heterocycles. The molecule has 0 rings (SSSR count). The first-order valence-electron chi connectivity index (χ1n) is 3.83. The lowest BCUT2D eigenvalue weighted by Gasteiger charge is -2.15. The molecule has 0 radical (unpaired) electrons. The first-order chi connectivity index (χ1) is 5.07. The van der Waals surface area contributed by atoms with Crippen molar-refractivity contribution in [2.45, 2.75) is 33.3 Å². The van der Waals surface area contributed by atoms with Crippen molar-refractivity contribution in [3.8, 4) is 0 Å². The lowest BCUT2D eigenvalue weighted by molar-refractivity contribution is -0.149. The van der Waals surface area contributed by atoms with Crippen LogP contribution in [0.3, 0.4) is 0 Å². The monoisotopic (exact) mass is 178 g/mol. The van der Waals surface area contributed by atoms with E-state index in [1.165, 1.54) is 0 Å². The maximum Gasteiger partial charge on any atom is 0.307 e.